The molecule has 0 bridgehead atoms. The van der Waals surface area contributed by atoms with Gasteiger partial charge in [0, 0.05) is 6.04 Å². The van der Waals surface area contributed by atoms with E-state index in [1.54, 1.807) is 0 Å². The molecule has 1 heteroatoms. The predicted octanol–water partition coefficient (Wildman–Crippen LogP) is 4.13. The van der Waals surface area contributed by atoms with Crippen molar-refractivity contribution >= 4 is 0 Å². The van der Waals surface area contributed by atoms with Crippen LogP contribution in [0.5, 0.6) is 0 Å². The first-order chi connectivity index (χ1) is 7.80. The van der Waals surface area contributed by atoms with Gasteiger partial charge in [0.05, 0.1) is 0 Å². The lowest BCUT2D eigenvalue weighted by Crippen LogP contribution is -2.55. The Morgan fingerprint density at radius 3 is 2.25 bits per heavy atom. The van der Waals surface area contributed by atoms with Crippen molar-refractivity contribution in [3.8, 4) is 0 Å². The number of rotatable bonds is 5. The fraction of sp³-hybridized carbons (Fsp3) is 1.00. The maximum Gasteiger partial charge on any atom is 0.0124 e. The van der Waals surface area contributed by atoms with E-state index in [0.717, 1.165) is 17.4 Å². The third-order valence-corrected chi connectivity index (χ3v) is 5.33. The minimum atomic E-state index is 0.740. The van der Waals surface area contributed by atoms with E-state index in [4.69, 9.17) is 0 Å². The molecular formula is C15H29N. The molecule has 2 saturated carbocycles. The summed E-state index contributed by atoms with van der Waals surface area (Å²) in [4.78, 5) is 0. The highest BCUT2D eigenvalue weighted by atomic mass is 15.0. The Hall–Kier alpha value is -0.0400. The summed E-state index contributed by atoms with van der Waals surface area (Å²) in [5.41, 5.74) is 0.740. The van der Waals surface area contributed by atoms with E-state index in [-0.39, 0.29) is 0 Å². The van der Waals surface area contributed by atoms with Gasteiger partial charge in [-0.3, -0.25) is 0 Å². The van der Waals surface area contributed by atoms with Crippen LogP contribution in [0.1, 0.15) is 71.6 Å². The van der Waals surface area contributed by atoms with Crippen molar-refractivity contribution in [1.29, 1.82) is 0 Å². The fourth-order valence-electron chi connectivity index (χ4n) is 3.76. The minimum absolute atomic E-state index is 0.740. The highest BCUT2D eigenvalue weighted by Crippen LogP contribution is 2.51. The van der Waals surface area contributed by atoms with Gasteiger partial charge in [0.1, 0.15) is 0 Å². The van der Waals surface area contributed by atoms with Crippen molar-refractivity contribution in [2.75, 3.05) is 6.54 Å². The van der Waals surface area contributed by atoms with Gasteiger partial charge in [-0.25, -0.2) is 0 Å². The van der Waals surface area contributed by atoms with Gasteiger partial charge in [0.25, 0.3) is 0 Å². The smallest absolute Gasteiger partial charge is 0.0124 e. The van der Waals surface area contributed by atoms with Crippen LogP contribution in [-0.2, 0) is 0 Å². The zero-order valence-electron chi connectivity index (χ0n) is 11.2. The summed E-state index contributed by atoms with van der Waals surface area (Å²) in [6.07, 6.45) is 13.1. The van der Waals surface area contributed by atoms with Gasteiger partial charge in [-0.05, 0) is 43.6 Å². The molecular weight excluding hydrogens is 194 g/mol. The van der Waals surface area contributed by atoms with Crippen LogP contribution in [0.15, 0.2) is 0 Å². The summed E-state index contributed by atoms with van der Waals surface area (Å²) in [7, 11) is 0. The summed E-state index contributed by atoms with van der Waals surface area (Å²) in [6, 6.07) is 0.869. The molecule has 2 aliphatic carbocycles. The van der Waals surface area contributed by atoms with Crippen molar-refractivity contribution < 1.29 is 0 Å². The van der Waals surface area contributed by atoms with Crippen molar-refractivity contribution in [1.82, 2.24) is 5.32 Å². The second-order valence-corrected chi connectivity index (χ2v) is 6.11. The maximum absolute atomic E-state index is 3.88. The molecule has 16 heavy (non-hydrogen) atoms. The second-order valence-electron chi connectivity index (χ2n) is 6.11. The summed E-state index contributed by atoms with van der Waals surface area (Å²) >= 11 is 0. The molecule has 1 nitrogen and oxygen atoms in total. The first-order valence-corrected chi connectivity index (χ1v) is 7.54. The average molecular weight is 223 g/mol. The van der Waals surface area contributed by atoms with Crippen LogP contribution in [0.4, 0.5) is 0 Å². The van der Waals surface area contributed by atoms with E-state index >= 15 is 0 Å². The standard InChI is InChI=1S/C15H29N/c1-3-13(4-2)12-16-14-8-11-15(14)9-6-5-7-10-15/h13-14,16H,3-12H2,1-2H3. The summed E-state index contributed by atoms with van der Waals surface area (Å²) < 4.78 is 0. The monoisotopic (exact) mass is 223 g/mol. The molecule has 0 radical (unpaired) electrons. The Morgan fingerprint density at radius 1 is 1.06 bits per heavy atom. The highest BCUT2D eigenvalue weighted by Gasteiger charge is 2.46. The quantitative estimate of drug-likeness (QED) is 0.739. The maximum atomic E-state index is 3.88. The normalized spacial score (nSPS) is 28.3. The first-order valence-electron chi connectivity index (χ1n) is 7.54. The van der Waals surface area contributed by atoms with Crippen LogP contribution >= 0.6 is 0 Å². The first kappa shape index (κ1) is 12.4. The Labute approximate surface area is 101 Å². The molecule has 0 amide bonds. The molecule has 0 aromatic rings. The van der Waals surface area contributed by atoms with Crippen molar-refractivity contribution in [3.05, 3.63) is 0 Å². The fourth-order valence-corrected chi connectivity index (χ4v) is 3.76. The SMILES string of the molecule is CCC(CC)CNC1CCC12CCCCC2. The van der Waals surface area contributed by atoms with Crippen LogP contribution < -0.4 is 5.32 Å². The Kier molecular flexibility index (Phi) is 4.29. The van der Waals surface area contributed by atoms with Gasteiger partial charge in [0.15, 0.2) is 0 Å². The van der Waals surface area contributed by atoms with Crippen LogP contribution in [0, 0.1) is 11.3 Å². The number of hydrogen-bond acceptors (Lipinski definition) is 1. The molecule has 0 aliphatic heterocycles. The minimum Gasteiger partial charge on any atom is -0.313 e. The van der Waals surface area contributed by atoms with Gasteiger partial charge < -0.3 is 5.32 Å². The van der Waals surface area contributed by atoms with Crippen LogP contribution in [0.2, 0.25) is 0 Å². The molecule has 2 fully saturated rings. The number of hydrogen-bond donors (Lipinski definition) is 1. The van der Waals surface area contributed by atoms with E-state index in [1.165, 1.54) is 64.3 Å². The molecule has 1 atom stereocenters. The Bertz CT molecular complexity index is 201. The molecule has 2 aliphatic rings. The molecule has 0 heterocycles. The van der Waals surface area contributed by atoms with Gasteiger partial charge in [0.2, 0.25) is 0 Å². The zero-order chi connectivity index (χ0) is 11.4. The van der Waals surface area contributed by atoms with Crippen LogP contribution in [0.25, 0.3) is 0 Å². The van der Waals surface area contributed by atoms with Gasteiger partial charge in [-0.15, -0.1) is 0 Å². The molecule has 1 spiro atoms. The summed E-state index contributed by atoms with van der Waals surface area (Å²) in [5, 5.41) is 3.88. The molecule has 1 N–H and O–H groups in total. The third-order valence-electron chi connectivity index (χ3n) is 5.33. The lowest BCUT2D eigenvalue weighted by Gasteiger charge is -2.53. The average Bonchev–Trinajstić information content (AvgIpc) is 2.34. The third kappa shape index (κ3) is 2.45. The number of nitrogens with one attached hydrogen (secondary N) is 1. The molecule has 2 rings (SSSR count). The zero-order valence-corrected chi connectivity index (χ0v) is 11.2. The molecule has 0 saturated heterocycles. The summed E-state index contributed by atoms with van der Waals surface area (Å²) in [6.45, 7) is 5.92. The Morgan fingerprint density at radius 2 is 1.75 bits per heavy atom. The second kappa shape index (κ2) is 5.53. The van der Waals surface area contributed by atoms with Gasteiger partial charge in [-0.1, -0.05) is 46.0 Å². The van der Waals surface area contributed by atoms with Crippen molar-refractivity contribution in [2.45, 2.75) is 77.7 Å². The van der Waals surface area contributed by atoms with Crippen LogP contribution in [-0.4, -0.2) is 12.6 Å². The van der Waals surface area contributed by atoms with E-state index in [0.29, 0.717) is 0 Å². The molecule has 94 valence electrons. The van der Waals surface area contributed by atoms with E-state index < -0.39 is 0 Å². The Balaban J connectivity index is 1.77. The van der Waals surface area contributed by atoms with Gasteiger partial charge in [-0.2, -0.15) is 0 Å². The van der Waals surface area contributed by atoms with Gasteiger partial charge >= 0.3 is 0 Å². The highest BCUT2D eigenvalue weighted by molar-refractivity contribution is 5.01. The summed E-state index contributed by atoms with van der Waals surface area (Å²) in [5.74, 6) is 0.904. The van der Waals surface area contributed by atoms with Crippen molar-refractivity contribution in [2.24, 2.45) is 11.3 Å². The molecule has 0 aromatic heterocycles. The van der Waals surface area contributed by atoms with E-state index in [9.17, 15) is 0 Å². The molecule has 0 aromatic carbocycles. The van der Waals surface area contributed by atoms with E-state index in [1.807, 2.05) is 0 Å². The predicted molar refractivity (Wildman–Crippen MR) is 70.6 cm³/mol. The topological polar surface area (TPSA) is 12.0 Å². The molecule has 1 unspecified atom stereocenters. The lowest BCUT2D eigenvalue weighted by atomic mass is 9.57. The van der Waals surface area contributed by atoms with Crippen LogP contribution in [0.3, 0.4) is 0 Å². The van der Waals surface area contributed by atoms with E-state index in [2.05, 4.69) is 19.2 Å². The largest absolute Gasteiger partial charge is 0.313 e. The van der Waals surface area contributed by atoms with Crippen molar-refractivity contribution in [3.63, 3.8) is 0 Å². The lowest BCUT2D eigenvalue weighted by molar-refractivity contribution is 0.0209.